The van der Waals surface area contributed by atoms with Gasteiger partial charge in [-0.25, -0.2) is 9.48 Å². The normalized spacial score (nSPS) is 10.5. The fraction of sp³-hybridized carbons (Fsp3) is 0.333. The van der Waals surface area contributed by atoms with Crippen molar-refractivity contribution < 1.29 is 14.6 Å². The van der Waals surface area contributed by atoms with E-state index >= 15 is 0 Å². The first-order valence-corrected chi connectivity index (χ1v) is 6.40. The van der Waals surface area contributed by atoms with Gasteiger partial charge in [0, 0.05) is 6.54 Å². The molecule has 2 aromatic rings. The van der Waals surface area contributed by atoms with Crippen LogP contribution in [-0.4, -0.2) is 31.3 Å². The Balaban J connectivity index is 2.07. The van der Waals surface area contributed by atoms with E-state index in [1.54, 1.807) is 4.68 Å². The Morgan fingerprint density at radius 1 is 1.50 bits per heavy atom. The number of hydrogen-bond donors (Lipinski definition) is 1. The van der Waals surface area contributed by atoms with Crippen LogP contribution in [0.3, 0.4) is 0 Å². The summed E-state index contributed by atoms with van der Waals surface area (Å²) < 4.78 is 7.17. The van der Waals surface area contributed by atoms with Crippen molar-refractivity contribution in [3.63, 3.8) is 0 Å². The Labute approximate surface area is 120 Å². The van der Waals surface area contributed by atoms with E-state index in [1.165, 1.54) is 18.2 Å². The molecule has 0 amide bonds. The molecule has 106 valence electrons. The van der Waals surface area contributed by atoms with Crippen LogP contribution in [-0.2, 0) is 13.2 Å². The highest BCUT2D eigenvalue weighted by atomic mass is 35.5. The van der Waals surface area contributed by atoms with Gasteiger partial charge in [-0.05, 0) is 35.0 Å². The second-order valence-electron chi connectivity index (χ2n) is 4.06. The van der Waals surface area contributed by atoms with E-state index < -0.39 is 5.97 Å². The van der Waals surface area contributed by atoms with Crippen molar-refractivity contribution in [2.45, 2.75) is 26.5 Å². The molecule has 1 heterocycles. The van der Waals surface area contributed by atoms with Gasteiger partial charge in [0.15, 0.2) is 5.82 Å². The van der Waals surface area contributed by atoms with Crippen LogP contribution in [0.4, 0.5) is 0 Å². The number of halogens is 1. The Kier molecular flexibility index (Phi) is 4.52. The molecule has 8 heteroatoms. The molecule has 0 bridgehead atoms. The summed E-state index contributed by atoms with van der Waals surface area (Å²) in [6, 6.07) is 4.28. The number of aromatic nitrogens is 4. The fourth-order valence-corrected chi connectivity index (χ4v) is 1.84. The van der Waals surface area contributed by atoms with Crippen LogP contribution in [0.5, 0.6) is 5.75 Å². The largest absolute Gasteiger partial charge is 0.484 e. The molecular weight excluding hydrogens is 284 g/mol. The molecular formula is C12H13ClN4O3. The van der Waals surface area contributed by atoms with E-state index in [9.17, 15) is 4.79 Å². The van der Waals surface area contributed by atoms with Crippen LogP contribution in [0.15, 0.2) is 18.2 Å². The molecule has 1 N–H and O–H groups in total. The Morgan fingerprint density at radius 3 is 2.95 bits per heavy atom. The lowest BCUT2D eigenvalue weighted by atomic mass is 10.2. The second-order valence-corrected chi connectivity index (χ2v) is 4.46. The topological polar surface area (TPSA) is 90.1 Å². The van der Waals surface area contributed by atoms with Gasteiger partial charge in [0.05, 0.1) is 10.6 Å². The predicted octanol–water partition coefficient (Wildman–Crippen LogP) is 2.01. The highest BCUT2D eigenvalue weighted by Crippen LogP contribution is 2.26. The third-order valence-electron chi connectivity index (χ3n) is 2.58. The number of aryl methyl sites for hydroxylation is 1. The maximum Gasteiger partial charge on any atom is 0.335 e. The second kappa shape index (κ2) is 6.33. The maximum atomic E-state index is 10.8. The molecule has 0 aliphatic heterocycles. The number of hydrogen-bond acceptors (Lipinski definition) is 5. The van der Waals surface area contributed by atoms with Crippen molar-refractivity contribution in [2.75, 3.05) is 0 Å². The van der Waals surface area contributed by atoms with Gasteiger partial charge in [0.25, 0.3) is 0 Å². The van der Waals surface area contributed by atoms with E-state index in [2.05, 4.69) is 15.5 Å². The predicted molar refractivity (Wildman–Crippen MR) is 70.9 cm³/mol. The summed E-state index contributed by atoms with van der Waals surface area (Å²) in [4.78, 5) is 10.8. The van der Waals surface area contributed by atoms with Crippen molar-refractivity contribution >= 4 is 17.6 Å². The molecule has 0 radical (unpaired) electrons. The summed E-state index contributed by atoms with van der Waals surface area (Å²) in [5.41, 5.74) is 0.109. The molecule has 0 unspecified atom stereocenters. The van der Waals surface area contributed by atoms with Gasteiger partial charge in [-0.3, -0.25) is 0 Å². The molecule has 0 spiro atoms. The van der Waals surface area contributed by atoms with E-state index in [0.29, 0.717) is 18.1 Å². The lowest BCUT2D eigenvalue weighted by Crippen LogP contribution is -2.08. The number of tetrazole rings is 1. The Bertz CT molecular complexity index is 614. The number of ether oxygens (including phenoxy) is 1. The Hall–Kier alpha value is -2.15. The highest BCUT2D eigenvalue weighted by Gasteiger charge is 2.10. The number of aromatic carboxylic acids is 1. The molecule has 2 rings (SSSR count). The van der Waals surface area contributed by atoms with Crippen molar-refractivity contribution in [3.8, 4) is 5.75 Å². The summed E-state index contributed by atoms with van der Waals surface area (Å²) in [6.45, 7) is 2.89. The molecule has 1 aromatic carbocycles. The maximum absolute atomic E-state index is 10.8. The minimum absolute atomic E-state index is 0.109. The van der Waals surface area contributed by atoms with Gasteiger partial charge in [-0.1, -0.05) is 18.5 Å². The zero-order valence-corrected chi connectivity index (χ0v) is 11.5. The third kappa shape index (κ3) is 3.24. The minimum atomic E-state index is -1.04. The van der Waals surface area contributed by atoms with Crippen LogP contribution in [0.2, 0.25) is 5.02 Å². The average molecular weight is 297 g/mol. The summed E-state index contributed by atoms with van der Waals surface area (Å²) in [7, 11) is 0. The monoisotopic (exact) mass is 296 g/mol. The van der Waals surface area contributed by atoms with Crippen molar-refractivity contribution in [2.24, 2.45) is 0 Å². The number of carbonyl (C=O) groups is 1. The van der Waals surface area contributed by atoms with Gasteiger partial charge in [0.2, 0.25) is 0 Å². The van der Waals surface area contributed by atoms with Gasteiger partial charge >= 0.3 is 5.97 Å². The van der Waals surface area contributed by atoms with Crippen LogP contribution < -0.4 is 4.74 Å². The number of carboxylic acid groups (broad SMARTS) is 1. The molecule has 0 aliphatic rings. The summed E-state index contributed by atoms with van der Waals surface area (Å²) in [6.07, 6.45) is 0.909. The van der Waals surface area contributed by atoms with Crippen molar-refractivity contribution in [1.29, 1.82) is 0 Å². The van der Waals surface area contributed by atoms with Crippen LogP contribution in [0.1, 0.15) is 29.5 Å². The van der Waals surface area contributed by atoms with E-state index in [0.717, 1.165) is 6.42 Å². The number of benzene rings is 1. The third-order valence-corrected chi connectivity index (χ3v) is 2.87. The lowest BCUT2D eigenvalue weighted by molar-refractivity contribution is 0.0697. The zero-order chi connectivity index (χ0) is 14.5. The van der Waals surface area contributed by atoms with Crippen molar-refractivity contribution in [1.82, 2.24) is 20.2 Å². The zero-order valence-electron chi connectivity index (χ0n) is 10.8. The standard InChI is InChI=1S/C12H13ClN4O3/c1-2-5-17-11(14-15-16-17)7-20-10-4-3-8(12(18)19)6-9(10)13/h3-4,6H,2,5,7H2,1H3,(H,18,19). The molecule has 0 saturated carbocycles. The van der Waals surface area contributed by atoms with Gasteiger partial charge in [0.1, 0.15) is 12.4 Å². The Morgan fingerprint density at radius 2 is 2.30 bits per heavy atom. The van der Waals surface area contributed by atoms with Gasteiger partial charge in [-0.2, -0.15) is 0 Å². The van der Waals surface area contributed by atoms with Gasteiger partial charge < -0.3 is 9.84 Å². The van der Waals surface area contributed by atoms with Crippen molar-refractivity contribution in [3.05, 3.63) is 34.6 Å². The molecule has 0 fully saturated rings. The number of carboxylic acids is 1. The average Bonchev–Trinajstić information content (AvgIpc) is 2.85. The first-order valence-electron chi connectivity index (χ1n) is 6.02. The van der Waals surface area contributed by atoms with Crippen LogP contribution in [0.25, 0.3) is 0 Å². The SMILES string of the molecule is CCCn1nnnc1COc1ccc(C(=O)O)cc1Cl. The fourth-order valence-electron chi connectivity index (χ4n) is 1.61. The first kappa shape index (κ1) is 14.3. The molecule has 1 aromatic heterocycles. The molecule has 7 nitrogen and oxygen atoms in total. The summed E-state index contributed by atoms with van der Waals surface area (Å²) >= 11 is 5.97. The molecule has 0 saturated heterocycles. The smallest absolute Gasteiger partial charge is 0.335 e. The van der Waals surface area contributed by atoms with Crippen LogP contribution >= 0.6 is 11.6 Å². The quantitative estimate of drug-likeness (QED) is 0.877. The molecule has 20 heavy (non-hydrogen) atoms. The first-order chi connectivity index (χ1) is 9.61. The number of nitrogens with zero attached hydrogens (tertiary/aromatic N) is 4. The van der Waals surface area contributed by atoms with Crippen LogP contribution in [0, 0.1) is 0 Å². The van der Waals surface area contributed by atoms with E-state index in [-0.39, 0.29) is 17.2 Å². The minimum Gasteiger partial charge on any atom is -0.484 e. The van der Waals surface area contributed by atoms with Gasteiger partial charge in [-0.15, -0.1) is 5.10 Å². The number of rotatable bonds is 6. The molecule has 0 aliphatic carbocycles. The highest BCUT2D eigenvalue weighted by molar-refractivity contribution is 6.32. The molecule has 0 atom stereocenters. The summed E-state index contributed by atoms with van der Waals surface area (Å²) in [5, 5.41) is 20.4. The summed E-state index contributed by atoms with van der Waals surface area (Å²) in [5.74, 6) is -0.0571. The lowest BCUT2D eigenvalue weighted by Gasteiger charge is -2.08. The van der Waals surface area contributed by atoms with E-state index in [1.807, 2.05) is 6.92 Å². The van der Waals surface area contributed by atoms with E-state index in [4.69, 9.17) is 21.4 Å².